The molecule has 1 unspecified atom stereocenters. The van der Waals surface area contributed by atoms with E-state index in [2.05, 4.69) is 0 Å². The van der Waals surface area contributed by atoms with Gasteiger partial charge in [0.1, 0.15) is 0 Å². The molecule has 1 aromatic carbocycles. The predicted octanol–water partition coefficient (Wildman–Crippen LogP) is 1.85. The Balaban J connectivity index is 2.38. The van der Waals surface area contributed by atoms with E-state index in [4.69, 9.17) is 15.2 Å². The minimum atomic E-state index is -0.330. The molecule has 0 saturated carbocycles. The van der Waals surface area contributed by atoms with Gasteiger partial charge in [-0.15, -0.1) is 0 Å². The van der Waals surface area contributed by atoms with Crippen LogP contribution in [0.5, 0.6) is 0 Å². The molecule has 0 aliphatic heterocycles. The highest BCUT2D eigenvalue weighted by Gasteiger charge is 2.07. The summed E-state index contributed by atoms with van der Waals surface area (Å²) in [5, 5.41) is 0. The van der Waals surface area contributed by atoms with Gasteiger partial charge in [0, 0.05) is 19.2 Å². The summed E-state index contributed by atoms with van der Waals surface area (Å²) < 4.78 is 10.1. The van der Waals surface area contributed by atoms with Gasteiger partial charge in [0.05, 0.1) is 18.3 Å². The Hall–Kier alpha value is -1.55. The van der Waals surface area contributed by atoms with E-state index in [1.165, 1.54) is 0 Å². The molecule has 1 rings (SSSR count). The molecule has 0 spiro atoms. The quantitative estimate of drug-likeness (QED) is 0.611. The second-order valence-corrected chi connectivity index (χ2v) is 3.59. The Kier molecular flexibility index (Phi) is 4.79. The summed E-state index contributed by atoms with van der Waals surface area (Å²) >= 11 is 0. The minimum Gasteiger partial charge on any atom is -0.462 e. The van der Waals surface area contributed by atoms with Gasteiger partial charge in [-0.05, 0) is 31.2 Å². The predicted molar refractivity (Wildman–Crippen MR) is 62.2 cm³/mol. The van der Waals surface area contributed by atoms with Crippen molar-refractivity contribution in [3.63, 3.8) is 0 Å². The van der Waals surface area contributed by atoms with Gasteiger partial charge in [-0.1, -0.05) is 0 Å². The van der Waals surface area contributed by atoms with Crippen LogP contribution in [0.2, 0.25) is 0 Å². The van der Waals surface area contributed by atoms with Gasteiger partial charge in [-0.3, -0.25) is 0 Å². The first-order chi connectivity index (χ1) is 7.63. The number of ether oxygens (including phenoxy) is 2. The molecule has 16 heavy (non-hydrogen) atoms. The molecule has 0 radical (unpaired) electrons. The first-order valence-corrected chi connectivity index (χ1v) is 5.19. The van der Waals surface area contributed by atoms with Gasteiger partial charge in [0.15, 0.2) is 0 Å². The van der Waals surface area contributed by atoms with Gasteiger partial charge in [0.2, 0.25) is 0 Å². The summed E-state index contributed by atoms with van der Waals surface area (Å²) in [5.41, 5.74) is 6.66. The number of carbonyl (C=O) groups is 1. The van der Waals surface area contributed by atoms with Crippen molar-refractivity contribution >= 4 is 11.7 Å². The van der Waals surface area contributed by atoms with Crippen molar-refractivity contribution in [2.24, 2.45) is 0 Å². The van der Waals surface area contributed by atoms with Crippen LogP contribution in [0, 0.1) is 0 Å². The van der Waals surface area contributed by atoms with Crippen LogP contribution >= 0.6 is 0 Å². The van der Waals surface area contributed by atoms with Crippen LogP contribution < -0.4 is 5.73 Å². The molecule has 0 aromatic heterocycles. The maximum atomic E-state index is 11.5. The van der Waals surface area contributed by atoms with E-state index in [1.807, 2.05) is 6.92 Å². The Morgan fingerprint density at radius 2 is 2.00 bits per heavy atom. The second kappa shape index (κ2) is 6.12. The first-order valence-electron chi connectivity index (χ1n) is 5.19. The number of nitrogen functional groups attached to an aromatic ring is 1. The molecule has 1 aromatic rings. The summed E-state index contributed by atoms with van der Waals surface area (Å²) in [6, 6.07) is 6.65. The SMILES string of the molecule is COC(C)CCOC(=O)c1ccc(N)cc1. The fourth-order valence-corrected chi connectivity index (χ4v) is 1.14. The molecule has 0 heterocycles. The van der Waals surface area contributed by atoms with Crippen molar-refractivity contribution < 1.29 is 14.3 Å². The van der Waals surface area contributed by atoms with E-state index in [9.17, 15) is 4.79 Å². The molecule has 0 fully saturated rings. The van der Waals surface area contributed by atoms with E-state index in [-0.39, 0.29) is 12.1 Å². The lowest BCUT2D eigenvalue weighted by molar-refractivity contribution is 0.0391. The molecule has 0 saturated heterocycles. The van der Waals surface area contributed by atoms with E-state index >= 15 is 0 Å². The van der Waals surface area contributed by atoms with Crippen LogP contribution in [0.3, 0.4) is 0 Å². The van der Waals surface area contributed by atoms with Crippen molar-refractivity contribution in [1.82, 2.24) is 0 Å². The van der Waals surface area contributed by atoms with Crippen LogP contribution in [-0.4, -0.2) is 25.8 Å². The molecular weight excluding hydrogens is 206 g/mol. The van der Waals surface area contributed by atoms with E-state index in [0.717, 1.165) is 0 Å². The fraction of sp³-hybridized carbons (Fsp3) is 0.417. The number of hydrogen-bond donors (Lipinski definition) is 1. The van der Waals surface area contributed by atoms with Crippen molar-refractivity contribution in [3.05, 3.63) is 29.8 Å². The number of esters is 1. The monoisotopic (exact) mass is 223 g/mol. The molecular formula is C12H17NO3. The zero-order valence-corrected chi connectivity index (χ0v) is 9.60. The topological polar surface area (TPSA) is 61.5 Å². The maximum absolute atomic E-state index is 11.5. The summed E-state index contributed by atoms with van der Waals surface area (Å²) in [7, 11) is 1.63. The summed E-state index contributed by atoms with van der Waals surface area (Å²) in [5.74, 6) is -0.330. The van der Waals surface area contributed by atoms with Crippen LogP contribution in [0.15, 0.2) is 24.3 Å². The third-order valence-corrected chi connectivity index (χ3v) is 2.31. The highest BCUT2D eigenvalue weighted by Crippen LogP contribution is 2.07. The molecule has 4 heteroatoms. The zero-order chi connectivity index (χ0) is 12.0. The molecule has 0 bridgehead atoms. The average molecular weight is 223 g/mol. The highest BCUT2D eigenvalue weighted by molar-refractivity contribution is 5.89. The van der Waals surface area contributed by atoms with Crippen molar-refractivity contribution in [2.75, 3.05) is 19.5 Å². The molecule has 0 aliphatic carbocycles. The number of anilines is 1. The lowest BCUT2D eigenvalue weighted by Crippen LogP contribution is -2.12. The molecule has 0 aliphatic rings. The molecule has 2 N–H and O–H groups in total. The third kappa shape index (κ3) is 3.90. The Morgan fingerprint density at radius 1 is 1.38 bits per heavy atom. The van der Waals surface area contributed by atoms with E-state index in [0.29, 0.717) is 24.3 Å². The molecule has 4 nitrogen and oxygen atoms in total. The first kappa shape index (κ1) is 12.5. The van der Waals surface area contributed by atoms with Crippen LogP contribution in [0.4, 0.5) is 5.69 Å². The van der Waals surface area contributed by atoms with Gasteiger partial charge in [-0.25, -0.2) is 4.79 Å². The largest absolute Gasteiger partial charge is 0.462 e. The Labute approximate surface area is 95.3 Å². The minimum absolute atomic E-state index is 0.0965. The smallest absolute Gasteiger partial charge is 0.338 e. The van der Waals surface area contributed by atoms with Crippen LogP contribution in [0.1, 0.15) is 23.7 Å². The summed E-state index contributed by atoms with van der Waals surface area (Å²) in [6.45, 7) is 2.29. The number of methoxy groups -OCH3 is 1. The summed E-state index contributed by atoms with van der Waals surface area (Å²) in [4.78, 5) is 11.5. The van der Waals surface area contributed by atoms with Crippen molar-refractivity contribution in [2.45, 2.75) is 19.4 Å². The average Bonchev–Trinajstić information content (AvgIpc) is 2.29. The number of carbonyl (C=O) groups excluding carboxylic acids is 1. The zero-order valence-electron chi connectivity index (χ0n) is 9.60. The Bertz CT molecular complexity index is 335. The van der Waals surface area contributed by atoms with E-state index < -0.39 is 0 Å². The maximum Gasteiger partial charge on any atom is 0.338 e. The standard InChI is InChI=1S/C12H17NO3/c1-9(15-2)7-8-16-12(14)10-3-5-11(13)6-4-10/h3-6,9H,7-8,13H2,1-2H3. The lowest BCUT2D eigenvalue weighted by Gasteiger charge is -2.09. The number of rotatable bonds is 5. The normalized spacial score (nSPS) is 12.1. The lowest BCUT2D eigenvalue weighted by atomic mass is 10.2. The van der Waals surface area contributed by atoms with Gasteiger partial charge in [-0.2, -0.15) is 0 Å². The van der Waals surface area contributed by atoms with Crippen LogP contribution in [0.25, 0.3) is 0 Å². The fourth-order valence-electron chi connectivity index (χ4n) is 1.14. The molecule has 0 amide bonds. The second-order valence-electron chi connectivity index (χ2n) is 3.59. The summed E-state index contributed by atoms with van der Waals surface area (Å²) in [6.07, 6.45) is 0.788. The van der Waals surface area contributed by atoms with Gasteiger partial charge < -0.3 is 15.2 Å². The van der Waals surface area contributed by atoms with Crippen molar-refractivity contribution in [3.8, 4) is 0 Å². The van der Waals surface area contributed by atoms with Gasteiger partial charge >= 0.3 is 5.97 Å². The van der Waals surface area contributed by atoms with E-state index in [1.54, 1.807) is 31.4 Å². The number of hydrogen-bond acceptors (Lipinski definition) is 4. The number of nitrogens with two attached hydrogens (primary N) is 1. The van der Waals surface area contributed by atoms with Crippen molar-refractivity contribution in [1.29, 1.82) is 0 Å². The Morgan fingerprint density at radius 3 is 2.56 bits per heavy atom. The van der Waals surface area contributed by atoms with Crippen LogP contribution in [-0.2, 0) is 9.47 Å². The third-order valence-electron chi connectivity index (χ3n) is 2.31. The molecule has 1 atom stereocenters. The number of benzene rings is 1. The highest BCUT2D eigenvalue weighted by atomic mass is 16.5. The van der Waals surface area contributed by atoms with Gasteiger partial charge in [0.25, 0.3) is 0 Å². The molecule has 88 valence electrons.